The third-order valence-corrected chi connectivity index (χ3v) is 6.06. The Balaban J connectivity index is 1.68. The maximum absolute atomic E-state index is 13.1. The van der Waals surface area contributed by atoms with E-state index in [1.165, 1.54) is 25.7 Å². The molecule has 1 saturated heterocycles. The molecule has 3 heteroatoms. The molecule has 0 aromatic carbocycles. The van der Waals surface area contributed by atoms with E-state index in [2.05, 4.69) is 17.1 Å². The molecule has 2 bridgehead atoms. The van der Waals surface area contributed by atoms with Crippen molar-refractivity contribution in [3.63, 3.8) is 0 Å². The van der Waals surface area contributed by atoms with Crippen molar-refractivity contribution >= 4 is 5.91 Å². The van der Waals surface area contributed by atoms with Crippen LogP contribution in [0.1, 0.15) is 58.3 Å². The SMILES string of the molecule is CN(C(=O)C1(C)CC2CCCC(C2)C1)C1CCNCC1. The average molecular weight is 278 g/mol. The van der Waals surface area contributed by atoms with Gasteiger partial charge in [0, 0.05) is 18.5 Å². The summed E-state index contributed by atoms with van der Waals surface area (Å²) in [5, 5.41) is 3.39. The lowest BCUT2D eigenvalue weighted by Crippen LogP contribution is -2.51. The van der Waals surface area contributed by atoms with Crippen LogP contribution in [0.4, 0.5) is 0 Å². The van der Waals surface area contributed by atoms with Crippen LogP contribution in [0.15, 0.2) is 0 Å². The maximum Gasteiger partial charge on any atom is 0.228 e. The van der Waals surface area contributed by atoms with E-state index >= 15 is 0 Å². The molecule has 0 radical (unpaired) electrons. The van der Waals surface area contributed by atoms with Crippen LogP contribution in [0.5, 0.6) is 0 Å². The molecule has 1 N–H and O–H groups in total. The lowest BCUT2D eigenvalue weighted by Gasteiger charge is -2.47. The van der Waals surface area contributed by atoms with Crippen molar-refractivity contribution in [2.24, 2.45) is 17.3 Å². The zero-order chi connectivity index (χ0) is 14.2. The highest BCUT2D eigenvalue weighted by Gasteiger charge is 2.45. The summed E-state index contributed by atoms with van der Waals surface area (Å²) in [6, 6.07) is 0.461. The zero-order valence-electron chi connectivity index (χ0n) is 13.2. The van der Waals surface area contributed by atoms with E-state index in [9.17, 15) is 4.79 Å². The molecule has 0 aromatic heterocycles. The number of nitrogens with zero attached hydrogens (tertiary/aromatic N) is 1. The molecule has 20 heavy (non-hydrogen) atoms. The highest BCUT2D eigenvalue weighted by molar-refractivity contribution is 5.82. The van der Waals surface area contributed by atoms with Crippen LogP contribution in [-0.2, 0) is 4.79 Å². The summed E-state index contributed by atoms with van der Waals surface area (Å²) in [4.78, 5) is 15.2. The summed E-state index contributed by atoms with van der Waals surface area (Å²) < 4.78 is 0. The Labute approximate surface area is 123 Å². The van der Waals surface area contributed by atoms with Crippen LogP contribution in [0, 0.1) is 17.3 Å². The lowest BCUT2D eigenvalue weighted by molar-refractivity contribution is -0.147. The van der Waals surface area contributed by atoms with Crippen LogP contribution in [0.3, 0.4) is 0 Å². The van der Waals surface area contributed by atoms with Crippen molar-refractivity contribution in [2.45, 2.75) is 64.3 Å². The van der Waals surface area contributed by atoms with Crippen LogP contribution in [0.2, 0.25) is 0 Å². The highest BCUT2D eigenvalue weighted by Crippen LogP contribution is 2.49. The fourth-order valence-corrected chi connectivity index (χ4v) is 5.09. The molecule has 2 atom stereocenters. The van der Waals surface area contributed by atoms with Gasteiger partial charge < -0.3 is 10.2 Å². The molecule has 2 unspecified atom stereocenters. The van der Waals surface area contributed by atoms with E-state index in [1.54, 1.807) is 0 Å². The molecule has 3 nitrogen and oxygen atoms in total. The molecule has 3 rings (SSSR count). The number of fused-ring (bicyclic) bond motifs is 2. The van der Waals surface area contributed by atoms with Gasteiger partial charge in [-0.1, -0.05) is 26.2 Å². The Morgan fingerprint density at radius 2 is 1.70 bits per heavy atom. The third kappa shape index (κ3) is 2.74. The summed E-state index contributed by atoms with van der Waals surface area (Å²) in [5.41, 5.74) is -0.0758. The van der Waals surface area contributed by atoms with Gasteiger partial charge in [-0.2, -0.15) is 0 Å². The standard InChI is InChI=1S/C17H30N2O/c1-17(11-13-4-3-5-14(10-13)12-17)16(20)19(2)15-6-8-18-9-7-15/h13-15,18H,3-12H2,1-2H3. The largest absolute Gasteiger partial charge is 0.342 e. The average Bonchev–Trinajstić information content (AvgIpc) is 2.46. The number of rotatable bonds is 2. The molecule has 114 valence electrons. The summed E-state index contributed by atoms with van der Waals surface area (Å²) in [6.45, 7) is 4.37. The Hall–Kier alpha value is -0.570. The maximum atomic E-state index is 13.1. The molecule has 1 aliphatic heterocycles. The van der Waals surface area contributed by atoms with Gasteiger partial charge in [-0.05, 0) is 57.0 Å². The van der Waals surface area contributed by atoms with Gasteiger partial charge in [0.15, 0.2) is 0 Å². The van der Waals surface area contributed by atoms with E-state index in [0.717, 1.165) is 50.6 Å². The quantitative estimate of drug-likeness (QED) is 0.842. The normalized spacial score (nSPS) is 38.5. The minimum absolute atomic E-state index is 0.0758. The molecule has 1 heterocycles. The topological polar surface area (TPSA) is 32.3 Å². The van der Waals surface area contributed by atoms with Crippen molar-refractivity contribution in [3.8, 4) is 0 Å². The summed E-state index contributed by atoms with van der Waals surface area (Å²) >= 11 is 0. The van der Waals surface area contributed by atoms with Gasteiger partial charge in [0.25, 0.3) is 0 Å². The number of hydrogen-bond donors (Lipinski definition) is 1. The molecule has 0 aromatic rings. The zero-order valence-corrected chi connectivity index (χ0v) is 13.2. The van der Waals surface area contributed by atoms with E-state index in [4.69, 9.17) is 0 Å². The predicted octanol–water partition coefficient (Wildman–Crippen LogP) is 2.80. The Bertz CT molecular complexity index is 350. The van der Waals surface area contributed by atoms with Gasteiger partial charge in [0.05, 0.1) is 0 Å². The number of amides is 1. The van der Waals surface area contributed by atoms with Crippen LogP contribution in [-0.4, -0.2) is 37.0 Å². The molecule has 2 aliphatic carbocycles. The Morgan fingerprint density at radius 3 is 2.30 bits per heavy atom. The molecule has 1 amide bonds. The molecule has 3 fully saturated rings. The first-order valence-corrected chi connectivity index (χ1v) is 8.56. The molecule has 2 saturated carbocycles. The molecule has 3 aliphatic rings. The smallest absolute Gasteiger partial charge is 0.228 e. The van der Waals surface area contributed by atoms with Gasteiger partial charge in [-0.15, -0.1) is 0 Å². The number of nitrogens with one attached hydrogen (secondary N) is 1. The second kappa shape index (κ2) is 5.67. The Morgan fingerprint density at radius 1 is 1.10 bits per heavy atom. The monoisotopic (exact) mass is 278 g/mol. The lowest BCUT2D eigenvalue weighted by atomic mass is 9.61. The first-order chi connectivity index (χ1) is 9.58. The van der Waals surface area contributed by atoms with Gasteiger partial charge >= 0.3 is 0 Å². The minimum atomic E-state index is -0.0758. The Kier molecular flexibility index (Phi) is 4.07. The van der Waals surface area contributed by atoms with E-state index in [1.807, 2.05) is 7.05 Å². The second-order valence-corrected chi connectivity index (χ2v) is 7.76. The number of carbonyl (C=O) groups is 1. The fourth-order valence-electron chi connectivity index (χ4n) is 5.09. The van der Waals surface area contributed by atoms with E-state index in [0.29, 0.717) is 11.9 Å². The van der Waals surface area contributed by atoms with Crippen LogP contribution in [0.25, 0.3) is 0 Å². The van der Waals surface area contributed by atoms with Gasteiger partial charge in [-0.3, -0.25) is 4.79 Å². The molecular weight excluding hydrogens is 248 g/mol. The fraction of sp³-hybridized carbons (Fsp3) is 0.941. The first kappa shape index (κ1) is 14.4. The van der Waals surface area contributed by atoms with Gasteiger partial charge in [0.1, 0.15) is 0 Å². The summed E-state index contributed by atoms with van der Waals surface area (Å²) in [7, 11) is 2.05. The summed E-state index contributed by atoms with van der Waals surface area (Å²) in [5.74, 6) is 2.07. The van der Waals surface area contributed by atoms with Crippen molar-refractivity contribution in [1.29, 1.82) is 0 Å². The number of piperidine rings is 1. The predicted molar refractivity (Wildman–Crippen MR) is 81.5 cm³/mol. The second-order valence-electron chi connectivity index (χ2n) is 7.76. The first-order valence-electron chi connectivity index (χ1n) is 8.56. The van der Waals surface area contributed by atoms with Crippen molar-refractivity contribution in [1.82, 2.24) is 10.2 Å². The van der Waals surface area contributed by atoms with Crippen molar-refractivity contribution < 1.29 is 4.79 Å². The highest BCUT2D eigenvalue weighted by atomic mass is 16.2. The van der Waals surface area contributed by atoms with Crippen LogP contribution < -0.4 is 5.32 Å². The van der Waals surface area contributed by atoms with Crippen LogP contribution >= 0.6 is 0 Å². The number of carbonyl (C=O) groups excluding carboxylic acids is 1. The van der Waals surface area contributed by atoms with Crippen molar-refractivity contribution in [2.75, 3.05) is 20.1 Å². The van der Waals surface area contributed by atoms with Gasteiger partial charge in [0.2, 0.25) is 5.91 Å². The number of hydrogen-bond acceptors (Lipinski definition) is 2. The van der Waals surface area contributed by atoms with E-state index < -0.39 is 0 Å². The molecular formula is C17H30N2O. The van der Waals surface area contributed by atoms with E-state index in [-0.39, 0.29) is 5.41 Å². The third-order valence-electron chi connectivity index (χ3n) is 6.06. The van der Waals surface area contributed by atoms with Gasteiger partial charge in [-0.25, -0.2) is 0 Å². The van der Waals surface area contributed by atoms with Crippen molar-refractivity contribution in [3.05, 3.63) is 0 Å². The minimum Gasteiger partial charge on any atom is -0.342 e. The summed E-state index contributed by atoms with van der Waals surface area (Å²) in [6.07, 6.45) is 10.0. The molecule has 0 spiro atoms.